The molecule has 0 aliphatic carbocycles. The molecule has 0 rings (SSSR count). The third kappa shape index (κ3) is 14.5. The highest BCUT2D eigenvalue weighted by Gasteiger charge is 2.26. The van der Waals surface area contributed by atoms with Gasteiger partial charge in [-0.3, -0.25) is 10.2 Å². The molecule has 0 aromatic carbocycles. The van der Waals surface area contributed by atoms with E-state index in [4.69, 9.17) is 15.0 Å². The molecule has 27 heavy (non-hydrogen) atoms. The molecular weight excluding hydrogens is 346 g/mol. The first-order valence-corrected chi connectivity index (χ1v) is 10.1. The van der Waals surface area contributed by atoms with E-state index >= 15 is 0 Å². The number of unbranched alkanes of at least 4 members (excludes halogenated alkanes) is 4. The summed E-state index contributed by atoms with van der Waals surface area (Å²) in [5.41, 5.74) is 13.4. The van der Waals surface area contributed by atoms with Crippen LogP contribution in [0.1, 0.15) is 79.6 Å². The highest BCUT2D eigenvalue weighted by atomic mass is 16.5. The number of rotatable bonds is 18. The van der Waals surface area contributed by atoms with Gasteiger partial charge in [-0.1, -0.05) is 18.0 Å². The van der Waals surface area contributed by atoms with E-state index in [9.17, 15) is 4.79 Å². The Hall–Kier alpha value is -1.18. The Labute approximate surface area is 164 Å². The second-order valence-electron chi connectivity index (χ2n) is 7.60. The van der Waals surface area contributed by atoms with Gasteiger partial charge in [0, 0.05) is 37.6 Å². The van der Waals surface area contributed by atoms with Gasteiger partial charge in [-0.25, -0.2) is 5.43 Å². The number of hydrogen-bond donors (Lipinski definition) is 2. The van der Waals surface area contributed by atoms with Crippen LogP contribution in [0.2, 0.25) is 0 Å². The Balaban J connectivity index is 3.66. The summed E-state index contributed by atoms with van der Waals surface area (Å²) in [7, 11) is 0. The third-order valence-electron chi connectivity index (χ3n) is 4.20. The van der Waals surface area contributed by atoms with Crippen molar-refractivity contribution >= 4 is 5.78 Å². The lowest BCUT2D eigenvalue weighted by molar-refractivity contribution is -0.140. The Morgan fingerprint density at radius 1 is 1.04 bits per heavy atom. The number of carbonyl (C=O) groups is 1. The normalized spacial score (nSPS) is 12.0. The molecule has 0 saturated carbocycles. The van der Waals surface area contributed by atoms with Gasteiger partial charge >= 0.3 is 0 Å². The maximum absolute atomic E-state index is 12.1. The van der Waals surface area contributed by atoms with Crippen molar-refractivity contribution in [1.29, 1.82) is 0 Å². The molecule has 0 atom stereocenters. The predicted molar refractivity (Wildman–Crippen MR) is 108 cm³/mol. The summed E-state index contributed by atoms with van der Waals surface area (Å²) in [4.78, 5) is 14.8. The molecule has 8 heteroatoms. The Morgan fingerprint density at radius 2 is 1.74 bits per heavy atom. The van der Waals surface area contributed by atoms with Crippen LogP contribution in [-0.2, 0) is 14.3 Å². The summed E-state index contributed by atoms with van der Waals surface area (Å²) in [5, 5.41) is 3.51. The summed E-state index contributed by atoms with van der Waals surface area (Å²) in [6, 6.07) is 0. The molecule has 0 aromatic heterocycles. The van der Waals surface area contributed by atoms with E-state index in [1.54, 1.807) is 0 Å². The smallest absolute Gasteiger partial charge is 0.164 e. The second kappa shape index (κ2) is 14.8. The lowest BCUT2D eigenvalue weighted by atomic mass is 9.98. The predicted octanol–water partition coefficient (Wildman–Crippen LogP) is 4.26. The Kier molecular flexibility index (Phi) is 14.2. The maximum atomic E-state index is 12.1. The summed E-state index contributed by atoms with van der Waals surface area (Å²) < 4.78 is 11.3. The van der Waals surface area contributed by atoms with Gasteiger partial charge in [-0.2, -0.15) is 0 Å². The minimum absolute atomic E-state index is 0.163. The number of nitrogens with zero attached hydrogens (tertiary/aromatic N) is 3. The Morgan fingerprint density at radius 3 is 2.41 bits per heavy atom. The van der Waals surface area contributed by atoms with Gasteiger partial charge in [0.25, 0.3) is 0 Å². The molecule has 8 nitrogen and oxygen atoms in total. The molecule has 0 radical (unpaired) electrons. The number of nitrogens with one attached hydrogen (secondary N) is 2. The first-order chi connectivity index (χ1) is 12.7. The van der Waals surface area contributed by atoms with Gasteiger partial charge in [0.05, 0.1) is 0 Å². The molecule has 0 fully saturated rings. The molecule has 0 aliphatic heterocycles. The molecular formula is C19H39N5O3. The summed E-state index contributed by atoms with van der Waals surface area (Å²) in [5.74, 6) is 0.163. The molecule has 0 heterocycles. The van der Waals surface area contributed by atoms with Crippen LogP contribution in [0.15, 0.2) is 5.11 Å². The largest absolute Gasteiger partial charge is 0.368 e. The van der Waals surface area contributed by atoms with Crippen LogP contribution in [0.4, 0.5) is 0 Å². The van der Waals surface area contributed by atoms with E-state index in [0.717, 1.165) is 45.1 Å². The van der Waals surface area contributed by atoms with Crippen molar-refractivity contribution < 1.29 is 14.3 Å². The molecule has 0 bridgehead atoms. The van der Waals surface area contributed by atoms with Crippen LogP contribution >= 0.6 is 0 Å². The van der Waals surface area contributed by atoms with Crippen LogP contribution in [0.3, 0.4) is 0 Å². The maximum Gasteiger partial charge on any atom is 0.164 e. The van der Waals surface area contributed by atoms with E-state index in [2.05, 4.69) is 20.9 Å². The van der Waals surface area contributed by atoms with Crippen LogP contribution in [0.5, 0.6) is 0 Å². The zero-order chi connectivity index (χ0) is 20.6. The molecule has 0 unspecified atom stereocenters. The molecule has 2 N–H and O–H groups in total. The van der Waals surface area contributed by atoms with E-state index in [1.807, 2.05) is 34.6 Å². The molecule has 158 valence electrons. The molecule has 0 aliphatic rings. The number of ketones is 1. The quantitative estimate of drug-likeness (QED) is 0.0915. The number of azide groups is 1. The average molecular weight is 386 g/mol. The summed E-state index contributed by atoms with van der Waals surface area (Å²) in [6.45, 7) is 12.1. The van der Waals surface area contributed by atoms with Crippen molar-refractivity contribution in [3.05, 3.63) is 10.4 Å². The van der Waals surface area contributed by atoms with Gasteiger partial charge in [0.2, 0.25) is 0 Å². The number of Topliss-reactive ketones (excluding diaryl/α,β-unsaturated/α-hetero) is 1. The average Bonchev–Trinajstić information content (AvgIpc) is 2.60. The van der Waals surface area contributed by atoms with Gasteiger partial charge in [-0.15, -0.1) is 0 Å². The van der Waals surface area contributed by atoms with Gasteiger partial charge in [0.1, 0.15) is 11.3 Å². The fourth-order valence-electron chi connectivity index (χ4n) is 2.56. The zero-order valence-corrected chi connectivity index (χ0v) is 17.8. The highest BCUT2D eigenvalue weighted by molar-refractivity contribution is 5.86. The minimum Gasteiger partial charge on any atom is -0.368 e. The van der Waals surface area contributed by atoms with Crippen molar-refractivity contribution in [3.8, 4) is 0 Å². The van der Waals surface area contributed by atoms with Crippen molar-refractivity contribution in [2.24, 2.45) is 5.11 Å². The molecule has 0 aromatic rings. The number of ether oxygens (including phenoxy) is 2. The van der Waals surface area contributed by atoms with Crippen molar-refractivity contribution in [2.75, 3.05) is 26.3 Å². The van der Waals surface area contributed by atoms with Crippen molar-refractivity contribution in [3.63, 3.8) is 0 Å². The van der Waals surface area contributed by atoms with E-state index in [1.165, 1.54) is 0 Å². The molecule has 0 amide bonds. The number of carbonyl (C=O) groups excluding carboxylic acids is 1. The highest BCUT2D eigenvalue weighted by Crippen LogP contribution is 2.15. The Bertz CT molecular complexity index is 449. The van der Waals surface area contributed by atoms with Gasteiger partial charge in [0.15, 0.2) is 5.78 Å². The minimum atomic E-state index is -0.675. The first-order valence-electron chi connectivity index (χ1n) is 10.1. The zero-order valence-electron chi connectivity index (χ0n) is 17.8. The SMILES string of the molecule is CCOC(C)(C)C(=O)CCCCCOC(C)(C)NNCCCCCN=[N+]=[N-]. The number of hydrogen-bond acceptors (Lipinski definition) is 6. The lowest BCUT2D eigenvalue weighted by Crippen LogP contribution is -2.50. The first kappa shape index (κ1) is 25.8. The molecule has 0 saturated heterocycles. The second-order valence-corrected chi connectivity index (χ2v) is 7.60. The topological polar surface area (TPSA) is 108 Å². The fraction of sp³-hybridized carbons (Fsp3) is 0.947. The van der Waals surface area contributed by atoms with Gasteiger partial charge < -0.3 is 9.47 Å². The number of hydrazine groups is 1. The monoisotopic (exact) mass is 385 g/mol. The van der Waals surface area contributed by atoms with Crippen LogP contribution in [0.25, 0.3) is 10.4 Å². The summed E-state index contributed by atoms with van der Waals surface area (Å²) in [6.07, 6.45) is 6.24. The third-order valence-corrected chi connectivity index (χ3v) is 4.20. The van der Waals surface area contributed by atoms with Crippen molar-refractivity contribution in [1.82, 2.24) is 10.9 Å². The van der Waals surface area contributed by atoms with E-state index in [-0.39, 0.29) is 5.78 Å². The fourth-order valence-corrected chi connectivity index (χ4v) is 2.56. The standard InChI is InChI=1S/C19H39N5O3/c1-6-26-18(2,3)17(25)13-9-7-12-16-27-19(4,5)23-21-14-10-8-11-15-22-24-20/h21,23H,6-16H2,1-5H3. The lowest BCUT2D eigenvalue weighted by Gasteiger charge is -2.27. The van der Waals surface area contributed by atoms with Crippen LogP contribution < -0.4 is 10.9 Å². The van der Waals surface area contributed by atoms with E-state index in [0.29, 0.717) is 26.2 Å². The van der Waals surface area contributed by atoms with Gasteiger partial charge in [-0.05, 0) is 65.8 Å². The van der Waals surface area contributed by atoms with Crippen LogP contribution in [0, 0.1) is 0 Å². The van der Waals surface area contributed by atoms with Crippen LogP contribution in [-0.4, -0.2) is 43.4 Å². The molecule has 0 spiro atoms. The summed E-state index contributed by atoms with van der Waals surface area (Å²) >= 11 is 0. The van der Waals surface area contributed by atoms with E-state index < -0.39 is 11.3 Å². The van der Waals surface area contributed by atoms with Crippen molar-refractivity contribution in [2.45, 2.75) is 90.9 Å².